The summed E-state index contributed by atoms with van der Waals surface area (Å²) in [5.41, 5.74) is 0.703. The maximum atomic E-state index is 12.5. The third-order valence-corrected chi connectivity index (χ3v) is 3.65. The zero-order valence-corrected chi connectivity index (χ0v) is 11.5. The van der Waals surface area contributed by atoms with Crippen molar-refractivity contribution >= 4 is 5.91 Å². The first kappa shape index (κ1) is 14.1. The molecule has 1 aliphatic heterocycles. The summed E-state index contributed by atoms with van der Waals surface area (Å²) in [4.78, 5) is 14.3. The molecule has 2 heterocycles. The number of nitrogens with one attached hydrogen (secondary N) is 1. The van der Waals surface area contributed by atoms with Gasteiger partial charge in [-0.3, -0.25) is 4.79 Å². The van der Waals surface area contributed by atoms with Gasteiger partial charge in [0.15, 0.2) is 0 Å². The van der Waals surface area contributed by atoms with E-state index in [1.165, 1.54) is 0 Å². The number of nitrogens with zero attached hydrogens (tertiary/aromatic N) is 2. The van der Waals surface area contributed by atoms with Crippen molar-refractivity contribution in [2.75, 3.05) is 26.2 Å². The molecule has 1 aromatic heterocycles. The van der Waals surface area contributed by atoms with Crippen LogP contribution in [-0.4, -0.2) is 52.8 Å². The molecule has 5 heteroatoms. The fourth-order valence-corrected chi connectivity index (χ4v) is 2.62. The molecule has 2 rings (SSSR count). The molecule has 0 saturated carbocycles. The lowest BCUT2D eigenvalue weighted by atomic mass is 10.2. The van der Waals surface area contributed by atoms with Crippen LogP contribution in [0.4, 0.5) is 0 Å². The number of aliphatic hydroxyl groups excluding tert-OH is 1. The largest absolute Gasteiger partial charge is 0.395 e. The third kappa shape index (κ3) is 3.36. The lowest BCUT2D eigenvalue weighted by Gasteiger charge is -2.25. The molecule has 1 atom stereocenters. The van der Waals surface area contributed by atoms with Crippen molar-refractivity contribution in [3.8, 4) is 0 Å². The Morgan fingerprint density at radius 3 is 3.11 bits per heavy atom. The summed E-state index contributed by atoms with van der Waals surface area (Å²) in [5, 5.41) is 12.6. The normalized spacial score (nSPS) is 18.7. The van der Waals surface area contributed by atoms with Crippen LogP contribution in [0.25, 0.3) is 0 Å². The molecular formula is C14H23N3O2. The Kier molecular flexibility index (Phi) is 4.99. The van der Waals surface area contributed by atoms with Crippen LogP contribution in [0.1, 0.15) is 30.3 Å². The topological polar surface area (TPSA) is 57.5 Å². The van der Waals surface area contributed by atoms with Gasteiger partial charge in [0.1, 0.15) is 5.69 Å². The van der Waals surface area contributed by atoms with Crippen LogP contribution in [0.15, 0.2) is 18.3 Å². The van der Waals surface area contributed by atoms with Gasteiger partial charge in [-0.15, -0.1) is 0 Å². The monoisotopic (exact) mass is 265 g/mol. The lowest BCUT2D eigenvalue weighted by Crippen LogP contribution is -2.43. The quantitative estimate of drug-likeness (QED) is 0.796. The summed E-state index contributed by atoms with van der Waals surface area (Å²) in [6.07, 6.45) is 4.18. The fraction of sp³-hybridized carbons (Fsp3) is 0.643. The summed E-state index contributed by atoms with van der Waals surface area (Å²) < 4.78 is 1.94. The fourth-order valence-electron chi connectivity index (χ4n) is 2.62. The summed E-state index contributed by atoms with van der Waals surface area (Å²) in [7, 11) is 0. The van der Waals surface area contributed by atoms with Crippen LogP contribution < -0.4 is 5.32 Å². The second kappa shape index (κ2) is 6.73. The molecule has 1 aromatic rings. The van der Waals surface area contributed by atoms with Gasteiger partial charge in [0, 0.05) is 31.9 Å². The summed E-state index contributed by atoms with van der Waals surface area (Å²) >= 11 is 0. The van der Waals surface area contributed by atoms with Crippen molar-refractivity contribution in [2.45, 2.75) is 32.4 Å². The number of aromatic nitrogens is 1. The van der Waals surface area contributed by atoms with Gasteiger partial charge in [-0.05, 0) is 38.4 Å². The van der Waals surface area contributed by atoms with Crippen LogP contribution in [0.2, 0.25) is 0 Å². The minimum absolute atomic E-state index is 0.00525. The summed E-state index contributed by atoms with van der Waals surface area (Å²) in [6.45, 7) is 4.90. The van der Waals surface area contributed by atoms with Gasteiger partial charge in [-0.25, -0.2) is 0 Å². The summed E-state index contributed by atoms with van der Waals surface area (Å²) in [5.74, 6) is 0.00889. The third-order valence-electron chi connectivity index (χ3n) is 3.65. The van der Waals surface area contributed by atoms with E-state index in [1.807, 2.05) is 29.8 Å². The molecule has 106 valence electrons. The van der Waals surface area contributed by atoms with Gasteiger partial charge < -0.3 is 19.9 Å². The van der Waals surface area contributed by atoms with Crippen LogP contribution in [-0.2, 0) is 6.54 Å². The summed E-state index contributed by atoms with van der Waals surface area (Å²) in [6, 6.07) is 4.10. The molecule has 1 amide bonds. The Morgan fingerprint density at radius 1 is 1.63 bits per heavy atom. The van der Waals surface area contributed by atoms with E-state index < -0.39 is 0 Å². The minimum atomic E-state index is 0.00525. The van der Waals surface area contributed by atoms with Crippen molar-refractivity contribution in [3.05, 3.63) is 24.0 Å². The van der Waals surface area contributed by atoms with Gasteiger partial charge in [-0.2, -0.15) is 0 Å². The minimum Gasteiger partial charge on any atom is -0.395 e. The zero-order chi connectivity index (χ0) is 13.7. The maximum Gasteiger partial charge on any atom is 0.270 e. The van der Waals surface area contributed by atoms with Crippen LogP contribution in [0.3, 0.4) is 0 Å². The molecule has 0 bridgehead atoms. The van der Waals surface area contributed by atoms with E-state index in [0.717, 1.165) is 25.9 Å². The second-order valence-electron chi connectivity index (χ2n) is 4.95. The molecule has 2 N–H and O–H groups in total. The Balaban J connectivity index is 2.06. The number of carbonyl (C=O) groups excluding carboxylic acids is 1. The van der Waals surface area contributed by atoms with Crippen LogP contribution >= 0.6 is 0 Å². The van der Waals surface area contributed by atoms with Crippen molar-refractivity contribution in [3.63, 3.8) is 0 Å². The number of aliphatic hydroxyl groups is 1. The van der Waals surface area contributed by atoms with Gasteiger partial charge in [0.2, 0.25) is 0 Å². The van der Waals surface area contributed by atoms with Crippen molar-refractivity contribution in [1.29, 1.82) is 0 Å². The molecule has 19 heavy (non-hydrogen) atoms. The highest BCUT2D eigenvalue weighted by molar-refractivity contribution is 5.92. The molecular weight excluding hydrogens is 242 g/mol. The molecule has 0 aliphatic carbocycles. The van der Waals surface area contributed by atoms with Crippen molar-refractivity contribution in [1.82, 2.24) is 14.8 Å². The first-order valence-corrected chi connectivity index (χ1v) is 7.05. The first-order valence-electron chi connectivity index (χ1n) is 7.05. The predicted octanol–water partition coefficient (Wildman–Crippen LogP) is 0.695. The Hall–Kier alpha value is -1.33. The molecule has 1 unspecified atom stereocenters. The molecule has 1 aliphatic rings. The van der Waals surface area contributed by atoms with E-state index in [1.54, 1.807) is 4.90 Å². The average Bonchev–Trinajstić information content (AvgIpc) is 3.08. The van der Waals surface area contributed by atoms with E-state index in [-0.39, 0.29) is 12.5 Å². The van der Waals surface area contributed by atoms with E-state index >= 15 is 0 Å². The second-order valence-corrected chi connectivity index (χ2v) is 4.95. The highest BCUT2D eigenvalue weighted by atomic mass is 16.3. The predicted molar refractivity (Wildman–Crippen MR) is 74.1 cm³/mol. The number of hydrogen-bond acceptors (Lipinski definition) is 3. The van der Waals surface area contributed by atoms with Gasteiger partial charge in [-0.1, -0.05) is 0 Å². The molecule has 1 saturated heterocycles. The van der Waals surface area contributed by atoms with Gasteiger partial charge >= 0.3 is 0 Å². The van der Waals surface area contributed by atoms with Gasteiger partial charge in [0.25, 0.3) is 5.91 Å². The van der Waals surface area contributed by atoms with Crippen LogP contribution in [0.5, 0.6) is 0 Å². The van der Waals surface area contributed by atoms with E-state index in [2.05, 4.69) is 5.32 Å². The number of aryl methyl sites for hydroxylation is 1. The highest BCUT2D eigenvalue weighted by Gasteiger charge is 2.23. The standard InChI is InChI=1S/C14H23N3O2/c1-2-16-8-4-6-13(16)14(19)17(9-10-18)11-12-5-3-7-15-12/h4,6,8,12,15,18H,2-3,5,7,9-11H2,1H3. The van der Waals surface area contributed by atoms with E-state index in [0.29, 0.717) is 24.8 Å². The smallest absolute Gasteiger partial charge is 0.270 e. The Labute approximate surface area is 114 Å². The van der Waals surface area contributed by atoms with E-state index in [9.17, 15) is 4.79 Å². The van der Waals surface area contributed by atoms with Crippen molar-refractivity contribution < 1.29 is 9.90 Å². The number of hydrogen-bond donors (Lipinski definition) is 2. The average molecular weight is 265 g/mol. The SMILES string of the molecule is CCn1cccc1C(=O)N(CCO)CC1CCCN1. The Morgan fingerprint density at radius 2 is 2.47 bits per heavy atom. The Bertz CT molecular complexity index is 411. The number of amides is 1. The lowest BCUT2D eigenvalue weighted by molar-refractivity contribution is 0.0696. The number of carbonyl (C=O) groups is 1. The van der Waals surface area contributed by atoms with Gasteiger partial charge in [0.05, 0.1) is 6.61 Å². The highest BCUT2D eigenvalue weighted by Crippen LogP contribution is 2.11. The molecule has 1 fully saturated rings. The van der Waals surface area contributed by atoms with Crippen molar-refractivity contribution in [2.24, 2.45) is 0 Å². The molecule has 0 radical (unpaired) electrons. The number of rotatable bonds is 6. The molecule has 5 nitrogen and oxygen atoms in total. The van der Waals surface area contributed by atoms with E-state index in [4.69, 9.17) is 5.11 Å². The first-order chi connectivity index (χ1) is 9.26. The van der Waals surface area contributed by atoms with Crippen LogP contribution in [0, 0.1) is 0 Å². The zero-order valence-electron chi connectivity index (χ0n) is 11.5. The molecule has 0 aromatic carbocycles. The molecule has 0 spiro atoms. The maximum absolute atomic E-state index is 12.5.